The van der Waals surface area contributed by atoms with Gasteiger partial charge < -0.3 is 16.0 Å². The Labute approximate surface area is 169 Å². The molecule has 29 heavy (non-hydrogen) atoms. The molecule has 0 radical (unpaired) electrons. The Morgan fingerprint density at radius 3 is 2.21 bits per heavy atom. The van der Waals surface area contributed by atoms with Crippen molar-refractivity contribution in [3.8, 4) is 11.3 Å². The number of carbonyl (C=O) groups is 2. The smallest absolute Gasteiger partial charge is 0.319 e. The molecule has 146 valence electrons. The lowest BCUT2D eigenvalue weighted by Crippen LogP contribution is -2.28. The lowest BCUT2D eigenvalue weighted by Gasteiger charge is -2.10. The van der Waals surface area contributed by atoms with Crippen molar-refractivity contribution < 1.29 is 9.59 Å². The number of nitrogens with one attached hydrogen (secondary N) is 3. The third-order valence-electron chi connectivity index (χ3n) is 4.21. The SMILES string of the molecule is C=CCNC(=O)Nc1ccc(NC(=O)c2ccc(-c3ccccc3)nc2C)cc1. The van der Waals surface area contributed by atoms with Crippen LogP contribution in [0.2, 0.25) is 0 Å². The Bertz CT molecular complexity index is 1010. The van der Waals surface area contributed by atoms with Crippen LogP contribution in [-0.4, -0.2) is 23.5 Å². The van der Waals surface area contributed by atoms with Gasteiger partial charge in [-0.05, 0) is 43.3 Å². The monoisotopic (exact) mass is 386 g/mol. The van der Waals surface area contributed by atoms with Crippen molar-refractivity contribution in [1.82, 2.24) is 10.3 Å². The van der Waals surface area contributed by atoms with Gasteiger partial charge in [0, 0.05) is 23.5 Å². The third-order valence-corrected chi connectivity index (χ3v) is 4.21. The van der Waals surface area contributed by atoms with E-state index in [0.717, 1.165) is 11.3 Å². The normalized spacial score (nSPS) is 10.1. The van der Waals surface area contributed by atoms with E-state index < -0.39 is 0 Å². The van der Waals surface area contributed by atoms with Crippen LogP contribution in [0.4, 0.5) is 16.2 Å². The second-order valence-electron chi connectivity index (χ2n) is 6.35. The number of pyridine rings is 1. The largest absolute Gasteiger partial charge is 0.334 e. The summed E-state index contributed by atoms with van der Waals surface area (Å²) in [5.74, 6) is -0.237. The first-order valence-electron chi connectivity index (χ1n) is 9.17. The molecule has 0 aliphatic heterocycles. The van der Waals surface area contributed by atoms with Gasteiger partial charge in [0.1, 0.15) is 0 Å². The predicted octanol–water partition coefficient (Wildman–Crippen LogP) is 4.62. The summed E-state index contributed by atoms with van der Waals surface area (Å²) in [7, 11) is 0. The fourth-order valence-corrected chi connectivity index (χ4v) is 2.75. The predicted molar refractivity (Wildman–Crippen MR) is 116 cm³/mol. The van der Waals surface area contributed by atoms with Gasteiger partial charge in [-0.3, -0.25) is 9.78 Å². The van der Waals surface area contributed by atoms with Crippen LogP contribution in [-0.2, 0) is 0 Å². The minimum Gasteiger partial charge on any atom is -0.334 e. The highest BCUT2D eigenvalue weighted by molar-refractivity contribution is 6.05. The number of nitrogens with zero attached hydrogens (tertiary/aromatic N) is 1. The van der Waals surface area contributed by atoms with Gasteiger partial charge in [-0.15, -0.1) is 6.58 Å². The number of amides is 3. The molecule has 3 N–H and O–H groups in total. The quantitative estimate of drug-likeness (QED) is 0.541. The first-order chi connectivity index (χ1) is 14.1. The van der Waals surface area contributed by atoms with E-state index in [-0.39, 0.29) is 11.9 Å². The van der Waals surface area contributed by atoms with Crippen LogP contribution < -0.4 is 16.0 Å². The van der Waals surface area contributed by atoms with E-state index in [9.17, 15) is 9.59 Å². The number of anilines is 2. The molecule has 1 aromatic heterocycles. The van der Waals surface area contributed by atoms with Gasteiger partial charge in [0.05, 0.1) is 17.0 Å². The number of benzene rings is 2. The van der Waals surface area contributed by atoms with Crippen LogP contribution in [0.1, 0.15) is 16.1 Å². The maximum Gasteiger partial charge on any atom is 0.319 e. The van der Waals surface area contributed by atoms with Crippen LogP contribution in [0.15, 0.2) is 79.4 Å². The van der Waals surface area contributed by atoms with Crippen molar-refractivity contribution in [3.05, 3.63) is 90.6 Å². The molecule has 0 spiro atoms. The minimum atomic E-state index is -0.318. The molecule has 0 bridgehead atoms. The molecule has 3 amide bonds. The number of urea groups is 1. The molecule has 0 aliphatic carbocycles. The van der Waals surface area contributed by atoms with Crippen molar-refractivity contribution in [2.24, 2.45) is 0 Å². The molecule has 0 unspecified atom stereocenters. The Hall–Kier alpha value is -3.93. The van der Waals surface area contributed by atoms with Gasteiger partial charge in [-0.2, -0.15) is 0 Å². The van der Waals surface area contributed by atoms with Gasteiger partial charge in [0.2, 0.25) is 0 Å². The molecule has 0 fully saturated rings. The molecule has 0 saturated heterocycles. The van der Waals surface area contributed by atoms with E-state index >= 15 is 0 Å². The first-order valence-corrected chi connectivity index (χ1v) is 9.17. The Morgan fingerprint density at radius 2 is 1.59 bits per heavy atom. The highest BCUT2D eigenvalue weighted by Gasteiger charge is 2.12. The zero-order valence-corrected chi connectivity index (χ0v) is 16.1. The van der Waals surface area contributed by atoms with Gasteiger partial charge in [0.25, 0.3) is 5.91 Å². The highest BCUT2D eigenvalue weighted by Crippen LogP contribution is 2.20. The standard InChI is InChI=1S/C23H22N4O2/c1-3-15-24-23(29)27-19-11-9-18(10-12-19)26-22(28)20-13-14-21(25-16(20)2)17-7-5-4-6-8-17/h3-14H,1,15H2,2H3,(H,26,28)(H2,24,27,29). The molecule has 1 heterocycles. The van der Waals surface area contributed by atoms with E-state index in [1.54, 1.807) is 36.4 Å². The summed E-state index contributed by atoms with van der Waals surface area (Å²) in [6, 6.07) is 20.0. The summed E-state index contributed by atoms with van der Waals surface area (Å²) in [5.41, 5.74) is 4.23. The van der Waals surface area contributed by atoms with Crippen molar-refractivity contribution in [3.63, 3.8) is 0 Å². The molecule has 6 heteroatoms. The summed E-state index contributed by atoms with van der Waals surface area (Å²) in [4.78, 5) is 28.8. The Morgan fingerprint density at radius 1 is 0.931 bits per heavy atom. The first kappa shape index (κ1) is 19.8. The third kappa shape index (κ3) is 5.29. The van der Waals surface area contributed by atoms with Gasteiger partial charge in [0.15, 0.2) is 0 Å². The number of aryl methyl sites for hydroxylation is 1. The fraction of sp³-hybridized carbons (Fsp3) is 0.0870. The topological polar surface area (TPSA) is 83.1 Å². The van der Waals surface area contributed by atoms with Crippen molar-refractivity contribution in [2.75, 3.05) is 17.2 Å². The van der Waals surface area contributed by atoms with Crippen molar-refractivity contribution in [2.45, 2.75) is 6.92 Å². The van der Waals surface area contributed by atoms with Crippen LogP contribution in [0.25, 0.3) is 11.3 Å². The minimum absolute atomic E-state index is 0.237. The molecular formula is C23H22N4O2. The van der Waals surface area contributed by atoms with Gasteiger partial charge in [-0.1, -0.05) is 36.4 Å². The summed E-state index contributed by atoms with van der Waals surface area (Å²) in [6.45, 7) is 5.74. The zero-order chi connectivity index (χ0) is 20.6. The molecule has 0 aliphatic rings. The average molecular weight is 386 g/mol. The number of rotatable bonds is 6. The molecule has 0 atom stereocenters. The van der Waals surface area contributed by atoms with Crippen LogP contribution >= 0.6 is 0 Å². The molecule has 3 rings (SSSR count). The zero-order valence-electron chi connectivity index (χ0n) is 16.1. The molecular weight excluding hydrogens is 364 g/mol. The number of hydrogen-bond acceptors (Lipinski definition) is 3. The van der Waals surface area contributed by atoms with Crippen molar-refractivity contribution >= 4 is 23.3 Å². The van der Waals surface area contributed by atoms with Gasteiger partial charge >= 0.3 is 6.03 Å². The second kappa shape index (κ2) is 9.32. The second-order valence-corrected chi connectivity index (χ2v) is 6.35. The van der Waals surface area contributed by atoms with E-state index in [1.807, 2.05) is 43.3 Å². The maximum absolute atomic E-state index is 12.6. The summed E-state index contributed by atoms with van der Waals surface area (Å²) in [5, 5.41) is 8.18. The number of aromatic nitrogens is 1. The molecule has 0 saturated carbocycles. The Kier molecular flexibility index (Phi) is 6.37. The number of hydrogen-bond donors (Lipinski definition) is 3. The fourth-order valence-electron chi connectivity index (χ4n) is 2.75. The van der Waals surface area contributed by atoms with E-state index in [1.165, 1.54) is 0 Å². The summed E-state index contributed by atoms with van der Waals surface area (Å²) >= 11 is 0. The van der Waals surface area contributed by atoms with E-state index in [2.05, 4.69) is 27.5 Å². The average Bonchev–Trinajstić information content (AvgIpc) is 2.74. The van der Waals surface area contributed by atoms with Crippen molar-refractivity contribution in [1.29, 1.82) is 0 Å². The van der Waals surface area contributed by atoms with Gasteiger partial charge in [-0.25, -0.2) is 4.79 Å². The summed E-state index contributed by atoms with van der Waals surface area (Å²) in [6.07, 6.45) is 1.60. The van der Waals surface area contributed by atoms with Crippen LogP contribution in [0.5, 0.6) is 0 Å². The maximum atomic E-state index is 12.6. The summed E-state index contributed by atoms with van der Waals surface area (Å²) < 4.78 is 0. The highest BCUT2D eigenvalue weighted by atomic mass is 16.2. The Balaban J connectivity index is 1.65. The van der Waals surface area contributed by atoms with Crippen LogP contribution in [0, 0.1) is 6.92 Å². The lowest BCUT2D eigenvalue weighted by molar-refractivity contribution is 0.102. The lowest BCUT2D eigenvalue weighted by atomic mass is 10.1. The molecule has 2 aromatic carbocycles. The molecule has 3 aromatic rings. The molecule has 6 nitrogen and oxygen atoms in total. The van der Waals surface area contributed by atoms with E-state index in [0.29, 0.717) is 29.2 Å². The van der Waals surface area contributed by atoms with Crippen LogP contribution in [0.3, 0.4) is 0 Å². The van der Waals surface area contributed by atoms with E-state index in [4.69, 9.17) is 0 Å². The number of carbonyl (C=O) groups excluding carboxylic acids is 2.